The van der Waals surface area contributed by atoms with Crippen LogP contribution in [0.3, 0.4) is 0 Å². The number of hydrogen-bond donors (Lipinski definition) is 3. The maximum Gasteiger partial charge on any atom is 0.275 e. The minimum absolute atomic E-state index is 0.0377. The van der Waals surface area contributed by atoms with E-state index in [-0.39, 0.29) is 24.4 Å². The van der Waals surface area contributed by atoms with Crippen LogP contribution in [0.4, 0.5) is 5.69 Å². The van der Waals surface area contributed by atoms with Crippen molar-refractivity contribution in [2.45, 2.75) is 19.9 Å². The van der Waals surface area contributed by atoms with E-state index in [9.17, 15) is 9.59 Å². The molecule has 1 fully saturated rings. The zero-order valence-corrected chi connectivity index (χ0v) is 15.0. The van der Waals surface area contributed by atoms with Gasteiger partial charge < -0.3 is 20.4 Å². The quantitative estimate of drug-likeness (QED) is 0.657. The molecule has 0 saturated carbocycles. The third-order valence-electron chi connectivity index (χ3n) is 3.97. The van der Waals surface area contributed by atoms with Crippen molar-refractivity contribution in [3.8, 4) is 0 Å². The number of anilines is 1. The lowest BCUT2D eigenvalue weighted by molar-refractivity contribution is -0.892. The largest absolute Gasteiger partial charge is 0.359 e. The van der Waals surface area contributed by atoms with Crippen molar-refractivity contribution in [3.05, 3.63) is 29.3 Å². The van der Waals surface area contributed by atoms with Crippen molar-refractivity contribution in [1.82, 2.24) is 10.6 Å². The molecule has 6 nitrogen and oxygen atoms in total. The minimum Gasteiger partial charge on any atom is -0.359 e. The molecule has 0 spiro atoms. The Kier molecular flexibility index (Phi) is 6.87. The van der Waals surface area contributed by atoms with Crippen molar-refractivity contribution >= 4 is 29.1 Å². The average molecular weight is 354 g/mol. The number of amides is 2. The summed E-state index contributed by atoms with van der Waals surface area (Å²) in [6, 6.07) is 7.90. The molecule has 1 aromatic rings. The fraction of sp³-hybridized carbons (Fsp3) is 0.529. The number of rotatable bonds is 6. The number of nitrogens with zero attached hydrogens (tertiary/aromatic N) is 1. The molecule has 0 bridgehead atoms. The minimum atomic E-state index is -0.156. The Balaban J connectivity index is 1.72. The van der Waals surface area contributed by atoms with Crippen LogP contribution in [0, 0.1) is 0 Å². The van der Waals surface area contributed by atoms with E-state index in [2.05, 4.69) is 15.5 Å². The number of carbonyl (C=O) groups is 2. The van der Waals surface area contributed by atoms with E-state index < -0.39 is 0 Å². The van der Waals surface area contributed by atoms with Crippen molar-refractivity contribution in [2.24, 2.45) is 0 Å². The summed E-state index contributed by atoms with van der Waals surface area (Å²) in [5.74, 6) is -0.244. The number of halogens is 1. The first-order valence-corrected chi connectivity index (χ1v) is 8.72. The summed E-state index contributed by atoms with van der Waals surface area (Å²) in [4.78, 5) is 27.0. The third-order valence-corrected chi connectivity index (χ3v) is 4.29. The van der Waals surface area contributed by atoms with Crippen LogP contribution in [-0.4, -0.2) is 57.1 Å². The van der Waals surface area contributed by atoms with Crippen LogP contribution >= 0.6 is 11.6 Å². The summed E-state index contributed by atoms with van der Waals surface area (Å²) in [7, 11) is 0. The first-order chi connectivity index (χ1) is 11.5. The Morgan fingerprint density at radius 2 is 1.88 bits per heavy atom. The van der Waals surface area contributed by atoms with Crippen molar-refractivity contribution in [2.75, 3.05) is 44.2 Å². The van der Waals surface area contributed by atoms with Gasteiger partial charge in [-0.15, -0.1) is 0 Å². The van der Waals surface area contributed by atoms with Crippen molar-refractivity contribution in [3.63, 3.8) is 0 Å². The summed E-state index contributed by atoms with van der Waals surface area (Å²) in [6.45, 7) is 7.68. The Morgan fingerprint density at radius 1 is 1.21 bits per heavy atom. The highest BCUT2D eigenvalue weighted by atomic mass is 35.5. The number of hydrogen-bond acceptors (Lipinski definition) is 3. The number of quaternary nitrogens is 1. The monoisotopic (exact) mass is 353 g/mol. The molecule has 24 heavy (non-hydrogen) atoms. The second-order valence-electron chi connectivity index (χ2n) is 6.36. The SMILES string of the molecule is CC(C)NC(=O)CNC(=O)C[NH+]1CCN(c2ccccc2Cl)CC1. The zero-order chi connectivity index (χ0) is 17.5. The Hall–Kier alpha value is -1.79. The van der Waals surface area contributed by atoms with Crippen molar-refractivity contribution < 1.29 is 14.5 Å². The number of piperazine rings is 1. The maximum atomic E-state index is 12.0. The van der Waals surface area contributed by atoms with E-state index in [1.807, 2.05) is 38.1 Å². The molecule has 1 saturated heterocycles. The molecule has 1 aliphatic heterocycles. The number of nitrogens with one attached hydrogen (secondary N) is 3. The Bertz CT molecular complexity index is 571. The van der Waals surface area contributed by atoms with Gasteiger partial charge >= 0.3 is 0 Å². The first kappa shape index (κ1) is 18.5. The van der Waals surface area contributed by atoms with Crippen LogP contribution in [0.15, 0.2) is 24.3 Å². The van der Waals surface area contributed by atoms with Crippen molar-refractivity contribution in [1.29, 1.82) is 0 Å². The molecule has 0 radical (unpaired) electrons. The lowest BCUT2D eigenvalue weighted by Gasteiger charge is -2.33. The van der Waals surface area contributed by atoms with E-state index in [0.29, 0.717) is 6.54 Å². The predicted octanol–water partition coefficient (Wildman–Crippen LogP) is -0.314. The van der Waals surface area contributed by atoms with E-state index >= 15 is 0 Å². The smallest absolute Gasteiger partial charge is 0.275 e. The van der Waals surface area contributed by atoms with Crippen LogP contribution < -0.4 is 20.4 Å². The van der Waals surface area contributed by atoms with Gasteiger partial charge in [0.2, 0.25) is 5.91 Å². The fourth-order valence-electron chi connectivity index (χ4n) is 2.79. The van der Waals surface area contributed by atoms with E-state index in [0.717, 1.165) is 36.9 Å². The van der Waals surface area contributed by atoms with Crippen LogP contribution in [0.25, 0.3) is 0 Å². The van der Waals surface area contributed by atoms with Gasteiger partial charge in [-0.25, -0.2) is 0 Å². The third kappa shape index (κ3) is 5.69. The Morgan fingerprint density at radius 3 is 2.50 bits per heavy atom. The van der Waals surface area contributed by atoms with Crippen LogP contribution in [-0.2, 0) is 9.59 Å². The van der Waals surface area contributed by atoms with Gasteiger partial charge in [0.15, 0.2) is 6.54 Å². The lowest BCUT2D eigenvalue weighted by Crippen LogP contribution is -3.16. The van der Waals surface area contributed by atoms with Gasteiger partial charge in [0.25, 0.3) is 5.91 Å². The highest BCUT2D eigenvalue weighted by Crippen LogP contribution is 2.24. The van der Waals surface area contributed by atoms with Gasteiger partial charge in [0.1, 0.15) is 0 Å². The van der Waals surface area contributed by atoms with Gasteiger partial charge in [-0.2, -0.15) is 0 Å². The fourth-order valence-corrected chi connectivity index (χ4v) is 3.05. The normalized spacial score (nSPS) is 15.4. The highest BCUT2D eigenvalue weighted by molar-refractivity contribution is 6.33. The summed E-state index contributed by atoms with van der Waals surface area (Å²) in [6.07, 6.45) is 0. The average Bonchev–Trinajstić information content (AvgIpc) is 2.54. The van der Waals surface area contributed by atoms with Gasteiger partial charge in [0, 0.05) is 6.04 Å². The second kappa shape index (κ2) is 8.89. The summed E-state index contributed by atoms with van der Waals surface area (Å²) in [5.41, 5.74) is 1.05. The summed E-state index contributed by atoms with van der Waals surface area (Å²) in [5, 5.41) is 6.19. The predicted molar refractivity (Wildman–Crippen MR) is 95.5 cm³/mol. The molecule has 7 heteroatoms. The molecular weight excluding hydrogens is 328 g/mol. The van der Waals surface area contributed by atoms with Gasteiger partial charge in [-0.05, 0) is 26.0 Å². The van der Waals surface area contributed by atoms with E-state index in [4.69, 9.17) is 11.6 Å². The molecular formula is C17H26ClN4O2+. The molecule has 3 N–H and O–H groups in total. The summed E-state index contributed by atoms with van der Waals surface area (Å²) < 4.78 is 0. The van der Waals surface area contributed by atoms with E-state index in [1.54, 1.807) is 0 Å². The Labute approximate surface area is 148 Å². The molecule has 2 rings (SSSR count). The molecule has 1 aliphatic rings. The van der Waals surface area contributed by atoms with E-state index in [1.165, 1.54) is 4.90 Å². The summed E-state index contributed by atoms with van der Waals surface area (Å²) >= 11 is 6.23. The highest BCUT2D eigenvalue weighted by Gasteiger charge is 2.23. The van der Waals surface area contributed by atoms with Gasteiger partial charge in [0.05, 0.1) is 43.4 Å². The second-order valence-corrected chi connectivity index (χ2v) is 6.77. The molecule has 0 aliphatic carbocycles. The molecule has 2 amide bonds. The number of benzene rings is 1. The standard InChI is InChI=1S/C17H25ClN4O2/c1-13(2)20-16(23)11-19-17(24)12-21-7-9-22(10-8-21)15-6-4-3-5-14(15)18/h3-6,13H,7-12H2,1-2H3,(H,19,24)(H,20,23)/p+1. The van der Waals surface area contributed by atoms with Crippen LogP contribution in [0.1, 0.15) is 13.8 Å². The molecule has 1 heterocycles. The number of para-hydroxylation sites is 1. The van der Waals surface area contributed by atoms with Crippen LogP contribution in [0.2, 0.25) is 5.02 Å². The molecule has 0 aromatic heterocycles. The molecule has 0 unspecified atom stereocenters. The maximum absolute atomic E-state index is 12.0. The first-order valence-electron chi connectivity index (χ1n) is 8.35. The molecule has 132 valence electrons. The topological polar surface area (TPSA) is 65.9 Å². The van der Waals surface area contributed by atoms with Crippen LogP contribution in [0.5, 0.6) is 0 Å². The van der Waals surface area contributed by atoms with Gasteiger partial charge in [-0.3, -0.25) is 9.59 Å². The zero-order valence-electron chi connectivity index (χ0n) is 14.3. The van der Waals surface area contributed by atoms with Gasteiger partial charge in [-0.1, -0.05) is 23.7 Å². The molecule has 1 aromatic carbocycles. The molecule has 0 atom stereocenters. The number of carbonyl (C=O) groups excluding carboxylic acids is 2. The lowest BCUT2D eigenvalue weighted by atomic mass is 10.2.